The van der Waals surface area contributed by atoms with Crippen LogP contribution in [0, 0.1) is 0 Å². The number of benzene rings is 2. The Labute approximate surface area is 162 Å². The molecule has 0 fully saturated rings. The lowest BCUT2D eigenvalue weighted by atomic mass is 9.98. The van der Waals surface area contributed by atoms with Gasteiger partial charge in [0.05, 0.1) is 0 Å². The number of halogens is 1. The molecule has 24 heavy (non-hydrogen) atoms. The molecule has 0 atom stereocenters. The molecule has 0 aliphatic carbocycles. The van der Waals surface area contributed by atoms with Gasteiger partial charge in [-0.1, -0.05) is 42.5 Å². The molecule has 0 saturated carbocycles. The summed E-state index contributed by atoms with van der Waals surface area (Å²) in [6.07, 6.45) is 2.29. The van der Waals surface area contributed by atoms with Crippen LogP contribution in [0.3, 0.4) is 0 Å². The van der Waals surface area contributed by atoms with Crippen LogP contribution in [0.15, 0.2) is 53.5 Å². The van der Waals surface area contributed by atoms with Gasteiger partial charge in [0.15, 0.2) is 5.71 Å². The molecule has 0 N–H and O–H groups in total. The molecule has 2 heterocycles. The summed E-state index contributed by atoms with van der Waals surface area (Å²) in [4.78, 5) is 4.39. The van der Waals surface area contributed by atoms with Crippen molar-refractivity contribution in [1.29, 1.82) is 0 Å². The summed E-state index contributed by atoms with van der Waals surface area (Å²) in [6, 6.07) is 17.2. The van der Waals surface area contributed by atoms with Crippen molar-refractivity contribution >= 4 is 11.4 Å². The Kier molecular flexibility index (Phi) is 6.72. The average Bonchev–Trinajstić information content (AvgIpc) is 2.60. The van der Waals surface area contributed by atoms with Crippen molar-refractivity contribution in [3.8, 4) is 0 Å². The van der Waals surface area contributed by atoms with Gasteiger partial charge >= 0.3 is 0 Å². The van der Waals surface area contributed by atoms with Crippen LogP contribution in [0.4, 0.5) is 0 Å². The van der Waals surface area contributed by atoms with E-state index in [1.54, 1.807) is 0 Å². The molecule has 2 aromatic carbocycles. The van der Waals surface area contributed by atoms with Gasteiger partial charge in [-0.3, -0.25) is 4.99 Å². The molecule has 4 rings (SSSR count). The third-order valence-corrected chi connectivity index (χ3v) is 4.83. The van der Waals surface area contributed by atoms with Crippen LogP contribution in [-0.2, 0) is 12.8 Å². The molecule has 0 unspecified atom stereocenters. The van der Waals surface area contributed by atoms with Crippen LogP contribution >= 0.6 is 0 Å². The molecule has 2 nitrogen and oxygen atoms in total. The van der Waals surface area contributed by atoms with E-state index in [-0.39, 0.29) is 24.0 Å². The molecule has 0 amide bonds. The van der Waals surface area contributed by atoms with Crippen molar-refractivity contribution in [1.82, 2.24) is 0 Å². The molecule has 0 radical (unpaired) electrons. The summed E-state index contributed by atoms with van der Waals surface area (Å²) in [7, 11) is 2.16. The van der Waals surface area contributed by atoms with Crippen LogP contribution in [0.25, 0.3) is 0 Å². The van der Waals surface area contributed by atoms with E-state index in [2.05, 4.69) is 79.0 Å². The van der Waals surface area contributed by atoms with Crippen LogP contribution in [0.2, 0.25) is 0 Å². The Morgan fingerprint density at radius 1 is 0.833 bits per heavy atom. The maximum atomic E-state index is 4.39. The Balaban J connectivity index is 0.000000167. The molecular weight excluding hydrogens is 407 g/mol. The molecule has 0 spiro atoms. The zero-order chi connectivity index (χ0) is 16.2. The smallest absolute Gasteiger partial charge is 0.180 e. The molecule has 0 aromatic heterocycles. The van der Waals surface area contributed by atoms with E-state index in [1.165, 1.54) is 40.1 Å². The number of likely N-dealkylation sites (N-methyl/N-ethyl adjacent to an activating group) is 1. The Morgan fingerprint density at radius 2 is 1.42 bits per heavy atom. The fourth-order valence-electron chi connectivity index (χ4n) is 3.27. The Morgan fingerprint density at radius 3 is 2.08 bits per heavy atom. The van der Waals surface area contributed by atoms with Gasteiger partial charge in [-0.2, -0.15) is 0 Å². The van der Waals surface area contributed by atoms with Crippen molar-refractivity contribution in [2.24, 2.45) is 4.99 Å². The largest absolute Gasteiger partial charge is 1.00 e. The van der Waals surface area contributed by atoms with Crippen LogP contribution in [0.1, 0.15) is 36.1 Å². The first-order valence-electron chi connectivity index (χ1n) is 8.39. The molecule has 2 aliphatic rings. The number of rotatable bonds is 0. The molecule has 3 heteroatoms. The number of hydrogen-bond acceptors (Lipinski definition) is 1. The van der Waals surface area contributed by atoms with Crippen molar-refractivity contribution in [3.63, 3.8) is 0 Å². The summed E-state index contributed by atoms with van der Waals surface area (Å²) in [5, 5.41) is 0. The van der Waals surface area contributed by atoms with Crippen LogP contribution < -0.4 is 24.0 Å². The number of hydrogen-bond donors (Lipinski definition) is 0. The maximum Gasteiger partial charge on any atom is 0.180 e. The minimum absolute atomic E-state index is 0. The van der Waals surface area contributed by atoms with Gasteiger partial charge in [0.2, 0.25) is 0 Å². The van der Waals surface area contributed by atoms with E-state index >= 15 is 0 Å². The highest BCUT2D eigenvalue weighted by Gasteiger charge is 2.17. The van der Waals surface area contributed by atoms with E-state index in [1.807, 2.05) is 0 Å². The highest BCUT2D eigenvalue weighted by molar-refractivity contribution is 6.00. The zero-order valence-corrected chi connectivity index (χ0v) is 16.9. The highest BCUT2D eigenvalue weighted by atomic mass is 127. The van der Waals surface area contributed by atoms with E-state index in [4.69, 9.17) is 0 Å². The van der Waals surface area contributed by atoms with Gasteiger partial charge in [0, 0.05) is 31.2 Å². The van der Waals surface area contributed by atoms with E-state index in [9.17, 15) is 0 Å². The predicted octanol–water partition coefficient (Wildman–Crippen LogP) is 0.750. The lowest BCUT2D eigenvalue weighted by molar-refractivity contribution is -0.498. The Hall–Kier alpha value is -1.49. The van der Waals surface area contributed by atoms with E-state index in [0.29, 0.717) is 0 Å². The second kappa shape index (κ2) is 8.56. The first-order chi connectivity index (χ1) is 11.2. The molecule has 126 valence electrons. The van der Waals surface area contributed by atoms with Gasteiger partial charge in [-0.15, -0.1) is 0 Å². The fraction of sp³-hybridized carbons (Fsp3) is 0.333. The van der Waals surface area contributed by atoms with Gasteiger partial charge < -0.3 is 24.0 Å². The first kappa shape index (κ1) is 18.8. The summed E-state index contributed by atoms with van der Waals surface area (Å²) >= 11 is 0. The number of nitrogens with zero attached hydrogens (tertiary/aromatic N) is 2. The second-order valence-electron chi connectivity index (χ2n) is 6.29. The standard InChI is InChI=1S/C11H14N.C10H11N.HI/c1-9-11-6-4-3-5-10(11)7-8-12(9)2;1-8-10-5-3-2-4-9(10)6-7-11-8;/h3-6H,7-8H2,1-2H3;2-5H,6-7H2,1H3;1H/q+1;;/p-1. The van der Waals surface area contributed by atoms with Gasteiger partial charge in [-0.25, -0.2) is 4.58 Å². The number of fused-ring (bicyclic) bond motifs is 2. The topological polar surface area (TPSA) is 15.4 Å². The minimum Gasteiger partial charge on any atom is -1.00 e. The van der Waals surface area contributed by atoms with Gasteiger partial charge in [0.1, 0.15) is 13.6 Å². The van der Waals surface area contributed by atoms with Crippen molar-refractivity contribution in [2.75, 3.05) is 20.1 Å². The molecule has 2 aromatic rings. The fourth-order valence-corrected chi connectivity index (χ4v) is 3.27. The SMILES string of the molecule is CC1=NCCc2ccccc21.CC1=[N+](C)CCc2ccccc21.[I-]. The first-order valence-corrected chi connectivity index (χ1v) is 8.39. The van der Waals surface area contributed by atoms with Crippen LogP contribution in [0.5, 0.6) is 0 Å². The highest BCUT2D eigenvalue weighted by Crippen LogP contribution is 2.15. The van der Waals surface area contributed by atoms with Crippen molar-refractivity contribution in [3.05, 3.63) is 70.8 Å². The minimum atomic E-state index is 0. The third kappa shape index (κ3) is 4.12. The lowest BCUT2D eigenvalue weighted by Crippen LogP contribution is -3.00. The average molecular weight is 432 g/mol. The van der Waals surface area contributed by atoms with Crippen LogP contribution in [-0.4, -0.2) is 36.1 Å². The van der Waals surface area contributed by atoms with Crippen molar-refractivity contribution in [2.45, 2.75) is 26.7 Å². The second-order valence-corrected chi connectivity index (χ2v) is 6.29. The van der Waals surface area contributed by atoms with Gasteiger partial charge in [0.25, 0.3) is 0 Å². The molecule has 0 bridgehead atoms. The zero-order valence-electron chi connectivity index (χ0n) is 14.7. The van der Waals surface area contributed by atoms with E-state index in [0.717, 1.165) is 19.5 Å². The maximum absolute atomic E-state index is 4.39. The summed E-state index contributed by atoms with van der Waals surface area (Å²) in [5.41, 5.74) is 8.28. The predicted molar refractivity (Wildman–Crippen MR) is 98.2 cm³/mol. The summed E-state index contributed by atoms with van der Waals surface area (Å²) in [5.74, 6) is 0. The van der Waals surface area contributed by atoms with E-state index < -0.39 is 0 Å². The quantitative estimate of drug-likeness (QED) is 0.432. The Bertz CT molecular complexity index is 775. The van der Waals surface area contributed by atoms with Gasteiger partial charge in [-0.05, 0) is 36.1 Å². The summed E-state index contributed by atoms with van der Waals surface area (Å²) in [6.45, 7) is 6.39. The molecule has 0 saturated heterocycles. The summed E-state index contributed by atoms with van der Waals surface area (Å²) < 4.78 is 2.32. The monoisotopic (exact) mass is 432 g/mol. The normalized spacial score (nSPS) is 15.2. The molecular formula is C21H25IN2. The third-order valence-electron chi connectivity index (χ3n) is 4.83. The lowest BCUT2D eigenvalue weighted by Gasteiger charge is -2.13. The van der Waals surface area contributed by atoms with Crippen molar-refractivity contribution < 1.29 is 28.6 Å². The number of aliphatic imine (C=N–C) groups is 1. The molecule has 2 aliphatic heterocycles.